The molecule has 0 radical (unpaired) electrons. The van der Waals surface area contributed by atoms with Crippen LogP contribution >= 0.6 is 0 Å². The predicted octanol–water partition coefficient (Wildman–Crippen LogP) is 3.67. The van der Waals surface area contributed by atoms with Gasteiger partial charge in [-0.15, -0.1) is 0 Å². The normalized spacial score (nSPS) is 14.4. The zero-order valence-corrected chi connectivity index (χ0v) is 16.0. The van der Waals surface area contributed by atoms with Gasteiger partial charge in [-0.3, -0.25) is 4.72 Å². The van der Waals surface area contributed by atoms with Crippen molar-refractivity contribution in [2.24, 2.45) is 5.92 Å². The molecule has 1 saturated carbocycles. The molecule has 0 saturated heterocycles. The number of sulfonamides is 1. The van der Waals surface area contributed by atoms with Crippen LogP contribution in [0.15, 0.2) is 54.6 Å². The summed E-state index contributed by atoms with van der Waals surface area (Å²) in [6.07, 6.45) is 3.17. The number of pyridine rings is 1. The zero-order chi connectivity index (χ0) is 19.0. The van der Waals surface area contributed by atoms with E-state index >= 15 is 0 Å². The van der Waals surface area contributed by atoms with Gasteiger partial charge in [-0.1, -0.05) is 30.4 Å². The molecular weight excluding hydrogens is 360 g/mol. The average Bonchev–Trinajstić information content (AvgIpc) is 3.42. The van der Waals surface area contributed by atoms with Gasteiger partial charge in [0.2, 0.25) is 10.0 Å². The molecule has 0 bridgehead atoms. The van der Waals surface area contributed by atoms with Crippen LogP contribution in [0.1, 0.15) is 25.6 Å². The van der Waals surface area contributed by atoms with Crippen molar-refractivity contribution >= 4 is 21.4 Å². The molecule has 0 amide bonds. The Morgan fingerprint density at radius 2 is 1.96 bits per heavy atom. The molecule has 140 valence electrons. The smallest absolute Gasteiger partial charge is 0.232 e. The SMILES string of the molecule is C=C(Cc1nc2cccc(-c3ccc(NS(=O)(=O)CC)cc3)n2n1)C1CC1. The number of aromatic nitrogens is 3. The minimum Gasteiger partial charge on any atom is -0.284 e. The standard InChI is InChI=1S/C20H22N4O2S/c1-3-27(25,26)23-17-11-9-16(10-12-17)18-5-4-6-20-21-19(22-24(18)20)13-14(2)15-7-8-15/h4-6,9-12,15,23H,2-3,7-8,13H2,1H3. The van der Waals surface area contributed by atoms with Crippen molar-refractivity contribution in [2.75, 3.05) is 10.5 Å². The second-order valence-electron chi connectivity index (χ2n) is 6.90. The molecule has 1 fully saturated rings. The minimum absolute atomic E-state index is 0.0436. The maximum atomic E-state index is 11.7. The fourth-order valence-corrected chi connectivity index (χ4v) is 3.68. The molecule has 1 N–H and O–H groups in total. The predicted molar refractivity (Wildman–Crippen MR) is 107 cm³/mol. The lowest BCUT2D eigenvalue weighted by Crippen LogP contribution is -2.14. The molecule has 0 unspecified atom stereocenters. The van der Waals surface area contributed by atoms with Crippen LogP contribution in [0, 0.1) is 5.92 Å². The van der Waals surface area contributed by atoms with E-state index in [1.807, 2.05) is 34.8 Å². The first-order chi connectivity index (χ1) is 12.9. The molecule has 1 aliphatic rings. The molecule has 27 heavy (non-hydrogen) atoms. The highest BCUT2D eigenvalue weighted by atomic mass is 32.2. The van der Waals surface area contributed by atoms with Gasteiger partial charge in [-0.05, 0) is 49.9 Å². The Bertz CT molecular complexity index is 1100. The van der Waals surface area contributed by atoms with Crippen molar-refractivity contribution in [1.29, 1.82) is 0 Å². The van der Waals surface area contributed by atoms with E-state index in [0.717, 1.165) is 22.7 Å². The van der Waals surface area contributed by atoms with Gasteiger partial charge in [-0.25, -0.2) is 17.9 Å². The van der Waals surface area contributed by atoms with Gasteiger partial charge in [-0.2, -0.15) is 5.10 Å². The van der Waals surface area contributed by atoms with Crippen molar-refractivity contribution < 1.29 is 8.42 Å². The van der Waals surface area contributed by atoms with E-state index in [9.17, 15) is 8.42 Å². The summed E-state index contributed by atoms with van der Waals surface area (Å²) in [6, 6.07) is 13.1. The van der Waals surface area contributed by atoms with Crippen molar-refractivity contribution in [3.63, 3.8) is 0 Å². The molecule has 1 aromatic carbocycles. The number of allylic oxidation sites excluding steroid dienone is 1. The van der Waals surface area contributed by atoms with Crippen LogP contribution in [0.3, 0.4) is 0 Å². The number of hydrogen-bond donors (Lipinski definition) is 1. The van der Waals surface area contributed by atoms with E-state index in [1.165, 1.54) is 18.4 Å². The van der Waals surface area contributed by atoms with E-state index in [2.05, 4.69) is 21.4 Å². The molecule has 4 rings (SSSR count). The fraction of sp³-hybridized carbons (Fsp3) is 0.300. The van der Waals surface area contributed by atoms with E-state index < -0.39 is 10.0 Å². The third-order valence-electron chi connectivity index (χ3n) is 4.78. The summed E-state index contributed by atoms with van der Waals surface area (Å²) in [5, 5.41) is 4.67. The van der Waals surface area contributed by atoms with Crippen molar-refractivity contribution in [1.82, 2.24) is 14.6 Å². The number of nitrogens with one attached hydrogen (secondary N) is 1. The van der Waals surface area contributed by atoms with Crippen molar-refractivity contribution in [3.05, 3.63) is 60.4 Å². The summed E-state index contributed by atoms with van der Waals surface area (Å²) in [7, 11) is -3.28. The highest BCUT2D eigenvalue weighted by Crippen LogP contribution is 2.36. The van der Waals surface area contributed by atoms with Gasteiger partial charge in [0.25, 0.3) is 0 Å². The number of benzene rings is 1. The number of hydrogen-bond acceptors (Lipinski definition) is 4. The summed E-state index contributed by atoms with van der Waals surface area (Å²) in [6.45, 7) is 5.77. The molecule has 3 aromatic rings. The molecule has 6 nitrogen and oxygen atoms in total. The molecule has 7 heteroatoms. The molecule has 1 aliphatic carbocycles. The van der Waals surface area contributed by atoms with E-state index in [0.29, 0.717) is 18.0 Å². The lowest BCUT2D eigenvalue weighted by molar-refractivity contribution is 0.602. The summed E-state index contributed by atoms with van der Waals surface area (Å²) in [5.74, 6) is 1.46. The quantitative estimate of drug-likeness (QED) is 0.633. The Kier molecular flexibility index (Phi) is 4.47. The Morgan fingerprint density at radius 3 is 2.63 bits per heavy atom. The maximum absolute atomic E-state index is 11.7. The topological polar surface area (TPSA) is 76.4 Å². The summed E-state index contributed by atoms with van der Waals surface area (Å²) < 4.78 is 27.8. The first-order valence-electron chi connectivity index (χ1n) is 9.08. The number of rotatable bonds is 7. The van der Waals surface area contributed by atoms with Crippen LogP contribution in [0.4, 0.5) is 5.69 Å². The molecule has 0 aliphatic heterocycles. The van der Waals surface area contributed by atoms with E-state index in [-0.39, 0.29) is 5.75 Å². The third-order valence-corrected chi connectivity index (χ3v) is 6.08. The van der Waals surface area contributed by atoms with Crippen LogP contribution in [-0.2, 0) is 16.4 Å². The van der Waals surface area contributed by atoms with Crippen LogP contribution < -0.4 is 4.72 Å². The van der Waals surface area contributed by atoms with Gasteiger partial charge in [0.1, 0.15) is 0 Å². The van der Waals surface area contributed by atoms with Crippen LogP contribution in [-0.4, -0.2) is 28.8 Å². The highest BCUT2D eigenvalue weighted by molar-refractivity contribution is 7.92. The van der Waals surface area contributed by atoms with Gasteiger partial charge in [0.05, 0.1) is 11.4 Å². The summed E-state index contributed by atoms with van der Waals surface area (Å²) >= 11 is 0. The zero-order valence-electron chi connectivity index (χ0n) is 15.2. The summed E-state index contributed by atoms with van der Waals surface area (Å²) in [4.78, 5) is 4.63. The van der Waals surface area contributed by atoms with E-state index in [4.69, 9.17) is 0 Å². The molecule has 2 heterocycles. The fourth-order valence-electron chi connectivity index (χ4n) is 3.04. The second kappa shape index (κ2) is 6.81. The monoisotopic (exact) mass is 382 g/mol. The van der Waals surface area contributed by atoms with Gasteiger partial charge in [0.15, 0.2) is 11.5 Å². The molecular formula is C20H22N4O2S. The van der Waals surface area contributed by atoms with Crippen LogP contribution in [0.2, 0.25) is 0 Å². The van der Waals surface area contributed by atoms with Crippen molar-refractivity contribution in [3.8, 4) is 11.3 Å². The van der Waals surface area contributed by atoms with Gasteiger partial charge in [0, 0.05) is 17.7 Å². The molecule has 0 spiro atoms. The van der Waals surface area contributed by atoms with E-state index in [1.54, 1.807) is 19.1 Å². The molecule has 0 atom stereocenters. The average molecular weight is 382 g/mol. The van der Waals surface area contributed by atoms with Gasteiger partial charge < -0.3 is 0 Å². The Balaban J connectivity index is 1.62. The maximum Gasteiger partial charge on any atom is 0.232 e. The number of anilines is 1. The highest BCUT2D eigenvalue weighted by Gasteiger charge is 2.25. The lowest BCUT2D eigenvalue weighted by atomic mass is 10.1. The third kappa shape index (κ3) is 3.88. The van der Waals surface area contributed by atoms with Crippen LogP contribution in [0.5, 0.6) is 0 Å². The Morgan fingerprint density at radius 1 is 1.22 bits per heavy atom. The van der Waals surface area contributed by atoms with Crippen molar-refractivity contribution in [2.45, 2.75) is 26.2 Å². The second-order valence-corrected chi connectivity index (χ2v) is 8.91. The first kappa shape index (κ1) is 17.7. The Labute approximate surface area is 159 Å². The number of fused-ring (bicyclic) bond motifs is 1. The van der Waals surface area contributed by atoms with Crippen LogP contribution in [0.25, 0.3) is 16.9 Å². The minimum atomic E-state index is -3.28. The first-order valence-corrected chi connectivity index (χ1v) is 10.7. The lowest BCUT2D eigenvalue weighted by Gasteiger charge is -2.08. The summed E-state index contributed by atoms with van der Waals surface area (Å²) in [5.41, 5.74) is 4.40. The number of nitrogens with zero attached hydrogens (tertiary/aromatic N) is 3. The molecule has 2 aromatic heterocycles. The van der Waals surface area contributed by atoms with Gasteiger partial charge >= 0.3 is 0 Å². The Hall–Kier alpha value is -2.67. The largest absolute Gasteiger partial charge is 0.284 e.